The molecule has 0 radical (unpaired) electrons. The average Bonchev–Trinajstić information content (AvgIpc) is 3.21. The van der Waals surface area contributed by atoms with Crippen LogP contribution in [0.3, 0.4) is 0 Å². The summed E-state index contributed by atoms with van der Waals surface area (Å²) in [4.78, 5) is 33.7. The van der Waals surface area contributed by atoms with Gasteiger partial charge < -0.3 is 15.2 Å². The summed E-state index contributed by atoms with van der Waals surface area (Å²) in [6, 6.07) is 0. The molecule has 0 saturated heterocycles. The Bertz CT molecular complexity index is 827. The van der Waals surface area contributed by atoms with Gasteiger partial charge in [-0.25, -0.2) is 14.8 Å². The first-order valence-corrected chi connectivity index (χ1v) is 9.69. The third-order valence-corrected chi connectivity index (χ3v) is 5.78. The van der Waals surface area contributed by atoms with Crippen LogP contribution in [0.4, 0.5) is 5.82 Å². The third-order valence-electron chi connectivity index (χ3n) is 4.62. The minimum atomic E-state index is -0.392. The standard InChI is InChI=1S/C18H23N3O4S/c1-3-24-18(23)15-10(2)14-16(19)20-12(21-17(14)26-15)9-25-13(22)8-11-6-4-5-7-11/h11H,3-9H2,1-2H3,(H2,19,20,21). The molecule has 0 atom stereocenters. The van der Waals surface area contributed by atoms with Crippen LogP contribution >= 0.6 is 11.3 Å². The minimum Gasteiger partial charge on any atom is -0.462 e. The normalized spacial score (nSPS) is 14.7. The quantitative estimate of drug-likeness (QED) is 0.769. The summed E-state index contributed by atoms with van der Waals surface area (Å²) >= 11 is 1.21. The summed E-state index contributed by atoms with van der Waals surface area (Å²) in [5, 5.41) is 0.652. The Balaban J connectivity index is 1.73. The Hall–Kier alpha value is -2.22. The summed E-state index contributed by atoms with van der Waals surface area (Å²) in [6.45, 7) is 3.84. The predicted octanol–water partition coefficient (Wildman–Crippen LogP) is 3.38. The summed E-state index contributed by atoms with van der Waals surface area (Å²) in [5.41, 5.74) is 6.76. The molecule has 3 rings (SSSR count). The Morgan fingerprint density at radius 3 is 2.65 bits per heavy atom. The first-order chi connectivity index (χ1) is 12.5. The molecule has 1 aliphatic carbocycles. The first-order valence-electron chi connectivity index (χ1n) is 8.87. The smallest absolute Gasteiger partial charge is 0.348 e. The molecule has 8 heteroatoms. The summed E-state index contributed by atoms with van der Waals surface area (Å²) < 4.78 is 10.4. The van der Waals surface area contributed by atoms with Gasteiger partial charge in [0.1, 0.15) is 15.5 Å². The van der Waals surface area contributed by atoms with Gasteiger partial charge in [-0.15, -0.1) is 11.3 Å². The van der Waals surface area contributed by atoms with E-state index < -0.39 is 5.97 Å². The molecule has 2 heterocycles. The lowest BCUT2D eigenvalue weighted by Gasteiger charge is -2.09. The van der Waals surface area contributed by atoms with Gasteiger partial charge in [-0.2, -0.15) is 0 Å². The average molecular weight is 377 g/mol. The predicted molar refractivity (Wildman–Crippen MR) is 98.9 cm³/mol. The largest absolute Gasteiger partial charge is 0.462 e. The fourth-order valence-electron chi connectivity index (χ4n) is 3.33. The van der Waals surface area contributed by atoms with Gasteiger partial charge >= 0.3 is 11.9 Å². The van der Waals surface area contributed by atoms with Crippen molar-refractivity contribution in [2.45, 2.75) is 52.6 Å². The molecule has 1 saturated carbocycles. The topological polar surface area (TPSA) is 104 Å². The van der Waals surface area contributed by atoms with Crippen LogP contribution in [-0.4, -0.2) is 28.5 Å². The Morgan fingerprint density at radius 2 is 1.96 bits per heavy atom. The number of thiophene rings is 1. The number of ether oxygens (including phenoxy) is 2. The van der Waals surface area contributed by atoms with Crippen molar-refractivity contribution < 1.29 is 19.1 Å². The van der Waals surface area contributed by atoms with Gasteiger partial charge in [-0.05, 0) is 38.2 Å². The molecule has 2 aromatic heterocycles. The number of hydrogen-bond donors (Lipinski definition) is 1. The van der Waals surface area contributed by atoms with Crippen LogP contribution in [0.25, 0.3) is 10.2 Å². The summed E-state index contributed by atoms with van der Waals surface area (Å²) in [7, 11) is 0. The van der Waals surface area contributed by atoms with E-state index in [1.807, 2.05) is 0 Å². The van der Waals surface area contributed by atoms with E-state index in [1.165, 1.54) is 24.2 Å². The van der Waals surface area contributed by atoms with Crippen molar-refractivity contribution in [3.63, 3.8) is 0 Å². The molecule has 7 nitrogen and oxygen atoms in total. The number of esters is 2. The number of aromatic nitrogens is 2. The van der Waals surface area contributed by atoms with E-state index in [9.17, 15) is 9.59 Å². The molecule has 2 aromatic rings. The fraction of sp³-hybridized carbons (Fsp3) is 0.556. The molecule has 1 fully saturated rings. The number of fused-ring (bicyclic) bond motifs is 1. The second kappa shape index (κ2) is 7.99. The van der Waals surface area contributed by atoms with Crippen LogP contribution in [0.1, 0.15) is 60.1 Å². The van der Waals surface area contributed by atoms with Gasteiger partial charge in [-0.3, -0.25) is 4.79 Å². The van der Waals surface area contributed by atoms with Gasteiger partial charge in [-0.1, -0.05) is 12.8 Å². The summed E-state index contributed by atoms with van der Waals surface area (Å²) in [5.74, 6) is 0.432. The van der Waals surface area contributed by atoms with E-state index in [-0.39, 0.29) is 18.4 Å². The van der Waals surface area contributed by atoms with E-state index in [0.29, 0.717) is 45.4 Å². The molecular weight excluding hydrogens is 354 g/mol. The minimum absolute atomic E-state index is 0.0165. The van der Waals surface area contributed by atoms with Crippen molar-refractivity contribution in [2.24, 2.45) is 5.92 Å². The third kappa shape index (κ3) is 3.95. The van der Waals surface area contributed by atoms with Crippen molar-refractivity contribution in [3.05, 3.63) is 16.3 Å². The van der Waals surface area contributed by atoms with Gasteiger partial charge in [0.25, 0.3) is 0 Å². The second-order valence-corrected chi connectivity index (χ2v) is 7.50. The van der Waals surface area contributed by atoms with Crippen molar-refractivity contribution in [1.29, 1.82) is 0 Å². The highest BCUT2D eigenvalue weighted by Gasteiger charge is 2.22. The van der Waals surface area contributed by atoms with E-state index in [2.05, 4.69) is 9.97 Å². The summed E-state index contributed by atoms with van der Waals surface area (Å²) in [6.07, 6.45) is 5.01. The maximum atomic E-state index is 12.0. The van der Waals surface area contributed by atoms with E-state index in [4.69, 9.17) is 15.2 Å². The number of carbonyl (C=O) groups excluding carboxylic acids is 2. The number of anilines is 1. The molecule has 2 N–H and O–H groups in total. The highest BCUT2D eigenvalue weighted by Crippen LogP contribution is 2.33. The number of aryl methyl sites for hydroxylation is 1. The molecule has 0 aromatic carbocycles. The molecule has 0 unspecified atom stereocenters. The Kier molecular flexibility index (Phi) is 5.70. The van der Waals surface area contributed by atoms with Crippen LogP contribution in [0.2, 0.25) is 0 Å². The zero-order valence-corrected chi connectivity index (χ0v) is 15.9. The molecule has 0 bridgehead atoms. The SMILES string of the molecule is CCOC(=O)c1sc2nc(COC(=O)CC3CCCC3)nc(N)c2c1C. The maximum absolute atomic E-state index is 12.0. The van der Waals surface area contributed by atoms with E-state index >= 15 is 0 Å². The van der Waals surface area contributed by atoms with Crippen LogP contribution < -0.4 is 5.73 Å². The number of hydrogen-bond acceptors (Lipinski definition) is 8. The van der Waals surface area contributed by atoms with E-state index in [1.54, 1.807) is 13.8 Å². The number of nitrogen functional groups attached to an aromatic ring is 1. The molecule has 0 amide bonds. The lowest BCUT2D eigenvalue weighted by Crippen LogP contribution is -2.11. The van der Waals surface area contributed by atoms with Crippen molar-refractivity contribution in [2.75, 3.05) is 12.3 Å². The van der Waals surface area contributed by atoms with Crippen molar-refractivity contribution in [1.82, 2.24) is 9.97 Å². The highest BCUT2D eigenvalue weighted by molar-refractivity contribution is 7.20. The van der Waals surface area contributed by atoms with Crippen LogP contribution in [0.15, 0.2) is 0 Å². The zero-order chi connectivity index (χ0) is 18.7. The highest BCUT2D eigenvalue weighted by atomic mass is 32.1. The molecular formula is C18H23N3O4S. The Labute approximate surface area is 155 Å². The molecule has 0 aliphatic heterocycles. The fourth-order valence-corrected chi connectivity index (χ4v) is 4.43. The second-order valence-electron chi connectivity index (χ2n) is 6.50. The maximum Gasteiger partial charge on any atom is 0.348 e. The molecule has 0 spiro atoms. The number of rotatable bonds is 6. The Morgan fingerprint density at radius 1 is 1.23 bits per heavy atom. The molecule has 1 aliphatic rings. The van der Waals surface area contributed by atoms with Crippen molar-refractivity contribution in [3.8, 4) is 0 Å². The number of nitrogens with two attached hydrogens (primary N) is 1. The first kappa shape index (κ1) is 18.6. The lowest BCUT2D eigenvalue weighted by molar-refractivity contribution is -0.146. The van der Waals surface area contributed by atoms with Crippen molar-refractivity contribution >= 4 is 39.3 Å². The van der Waals surface area contributed by atoms with Crippen LogP contribution in [0, 0.1) is 12.8 Å². The van der Waals surface area contributed by atoms with Gasteiger partial charge in [0, 0.05) is 6.42 Å². The van der Waals surface area contributed by atoms with Crippen LogP contribution in [0.5, 0.6) is 0 Å². The molecule has 140 valence electrons. The molecule has 26 heavy (non-hydrogen) atoms. The van der Waals surface area contributed by atoms with Gasteiger partial charge in [0.05, 0.1) is 12.0 Å². The van der Waals surface area contributed by atoms with Gasteiger partial charge in [0.2, 0.25) is 0 Å². The van der Waals surface area contributed by atoms with Gasteiger partial charge in [0.15, 0.2) is 12.4 Å². The zero-order valence-electron chi connectivity index (χ0n) is 15.0. The lowest BCUT2D eigenvalue weighted by atomic mass is 10.1. The monoisotopic (exact) mass is 377 g/mol. The number of carbonyl (C=O) groups is 2. The van der Waals surface area contributed by atoms with E-state index in [0.717, 1.165) is 12.8 Å². The number of nitrogens with zero attached hydrogens (tertiary/aromatic N) is 2. The van der Waals surface area contributed by atoms with Crippen LogP contribution in [-0.2, 0) is 20.9 Å².